The van der Waals surface area contributed by atoms with Crippen LogP contribution in [0.5, 0.6) is 0 Å². The van der Waals surface area contributed by atoms with Gasteiger partial charge in [-0.15, -0.1) is 0 Å². The first-order valence-electron chi connectivity index (χ1n) is 6.65. The molecule has 11 nitrogen and oxygen atoms in total. The lowest BCUT2D eigenvalue weighted by molar-refractivity contribution is -0.139. The van der Waals surface area contributed by atoms with Gasteiger partial charge in [-0.05, 0) is 12.5 Å². The van der Waals surface area contributed by atoms with Gasteiger partial charge < -0.3 is 4.74 Å². The number of carbonyl (C=O) groups excluding carboxylic acids is 1. The predicted octanol–water partition coefficient (Wildman–Crippen LogP) is 0.248. The van der Waals surface area contributed by atoms with Crippen molar-refractivity contribution in [2.75, 3.05) is 19.1 Å². The van der Waals surface area contributed by atoms with E-state index in [-0.39, 0.29) is 18.6 Å². The molecule has 0 N–H and O–H groups in total. The Kier molecular flexibility index (Phi) is 6.75. The van der Waals surface area contributed by atoms with Crippen LogP contribution in [0, 0.1) is 0 Å². The van der Waals surface area contributed by atoms with Crippen molar-refractivity contribution in [3.63, 3.8) is 0 Å². The summed E-state index contributed by atoms with van der Waals surface area (Å²) < 4.78 is 60.1. The zero-order valence-electron chi connectivity index (χ0n) is 13.1. The van der Waals surface area contributed by atoms with Crippen molar-refractivity contribution in [1.29, 1.82) is 0 Å². The second-order valence-electron chi connectivity index (χ2n) is 4.92. The topological polar surface area (TPSA) is 162 Å². The monoisotopic (exact) mass is 383 g/mol. The lowest BCUT2D eigenvalue weighted by Gasteiger charge is -2.32. The van der Waals surface area contributed by atoms with E-state index in [1.165, 1.54) is 6.08 Å². The molecule has 0 bridgehead atoms. The largest absolute Gasteiger partial charge is 0.463 e. The van der Waals surface area contributed by atoms with Crippen LogP contribution in [0.15, 0.2) is 16.8 Å². The maximum atomic E-state index is 11.9. The summed E-state index contributed by atoms with van der Waals surface area (Å²) in [5.74, 6) is -0.754. The van der Waals surface area contributed by atoms with E-state index in [4.69, 9.17) is 18.6 Å². The Morgan fingerprint density at radius 1 is 1.29 bits per heavy atom. The molecule has 0 fully saturated rings. The average molecular weight is 383 g/mol. The summed E-state index contributed by atoms with van der Waals surface area (Å²) >= 11 is 0. The van der Waals surface area contributed by atoms with Gasteiger partial charge in [0.1, 0.15) is 12.2 Å². The molecule has 136 valence electrons. The summed E-state index contributed by atoms with van der Waals surface area (Å²) in [5, 5.41) is 3.35. The van der Waals surface area contributed by atoms with Crippen LogP contribution in [0.25, 0.3) is 10.4 Å². The van der Waals surface area contributed by atoms with Crippen LogP contribution in [-0.2, 0) is 38.1 Å². The van der Waals surface area contributed by atoms with Crippen molar-refractivity contribution in [3.05, 3.63) is 22.1 Å². The van der Waals surface area contributed by atoms with Gasteiger partial charge in [0.15, 0.2) is 0 Å². The minimum atomic E-state index is -4.01. The minimum Gasteiger partial charge on any atom is -0.463 e. The van der Waals surface area contributed by atoms with E-state index in [1.807, 2.05) is 0 Å². The molecule has 0 aromatic carbocycles. The molecule has 0 unspecified atom stereocenters. The molecule has 0 heterocycles. The maximum absolute atomic E-state index is 11.9. The van der Waals surface area contributed by atoms with Crippen LogP contribution in [0.3, 0.4) is 0 Å². The third-order valence-corrected chi connectivity index (χ3v) is 3.97. The predicted molar refractivity (Wildman–Crippen MR) is 81.7 cm³/mol. The Morgan fingerprint density at radius 3 is 2.33 bits per heavy atom. The second kappa shape index (κ2) is 7.94. The summed E-state index contributed by atoms with van der Waals surface area (Å²) in [5.41, 5.74) is 8.63. The van der Waals surface area contributed by atoms with E-state index in [9.17, 15) is 21.6 Å². The highest BCUT2D eigenvalue weighted by Crippen LogP contribution is 2.29. The Balaban J connectivity index is 3.32. The molecular formula is C11H17N3O8S2. The van der Waals surface area contributed by atoms with Crippen LogP contribution >= 0.6 is 0 Å². The molecule has 0 aromatic heterocycles. The average Bonchev–Trinajstić information content (AvgIpc) is 2.39. The summed E-state index contributed by atoms with van der Waals surface area (Å²) in [7, 11) is -8.02. The maximum Gasteiger partial charge on any atom is 0.333 e. The number of ether oxygens (including phenoxy) is 1. The summed E-state index contributed by atoms with van der Waals surface area (Å²) in [4.78, 5) is 14.4. The molecule has 13 heteroatoms. The number of carbonyl (C=O) groups is 1. The highest BCUT2D eigenvalue weighted by molar-refractivity contribution is 7.86. The summed E-state index contributed by atoms with van der Waals surface area (Å²) in [6.07, 6.45) is -0.421. The van der Waals surface area contributed by atoms with Crippen LogP contribution in [0.4, 0.5) is 0 Å². The highest BCUT2D eigenvalue weighted by Gasteiger charge is 2.40. The van der Waals surface area contributed by atoms with Gasteiger partial charge in [0.25, 0.3) is 20.2 Å². The van der Waals surface area contributed by atoms with Gasteiger partial charge >= 0.3 is 5.97 Å². The molecule has 3 atom stereocenters. The third kappa shape index (κ3) is 6.45. The number of hydrogen-bond acceptors (Lipinski definition) is 9. The molecule has 1 rings (SSSR count). The van der Waals surface area contributed by atoms with E-state index in [0.717, 1.165) is 12.5 Å². The zero-order chi connectivity index (χ0) is 18.5. The number of hydrogen-bond donors (Lipinski definition) is 0. The first kappa shape index (κ1) is 20.4. The Morgan fingerprint density at radius 2 is 1.88 bits per heavy atom. The summed E-state index contributed by atoms with van der Waals surface area (Å²) in [6, 6.07) is -1.27. The van der Waals surface area contributed by atoms with E-state index in [2.05, 4.69) is 10.0 Å². The molecule has 0 aromatic rings. The van der Waals surface area contributed by atoms with Gasteiger partial charge in [-0.2, -0.15) is 16.8 Å². The third-order valence-electron chi connectivity index (χ3n) is 2.80. The highest BCUT2D eigenvalue weighted by atomic mass is 32.2. The van der Waals surface area contributed by atoms with Gasteiger partial charge in [-0.25, -0.2) is 4.79 Å². The van der Waals surface area contributed by atoms with Crippen LogP contribution in [0.1, 0.15) is 13.3 Å². The fourth-order valence-electron chi connectivity index (χ4n) is 2.09. The molecule has 1 aliphatic carbocycles. The molecule has 0 radical (unpaired) electrons. The van der Waals surface area contributed by atoms with Crippen molar-refractivity contribution >= 4 is 26.2 Å². The van der Waals surface area contributed by atoms with Crippen molar-refractivity contribution < 1.29 is 34.7 Å². The minimum absolute atomic E-state index is 0.00347. The molecule has 0 saturated carbocycles. The smallest absolute Gasteiger partial charge is 0.333 e. The van der Waals surface area contributed by atoms with Crippen molar-refractivity contribution in [1.82, 2.24) is 0 Å². The van der Waals surface area contributed by atoms with Gasteiger partial charge in [0.05, 0.1) is 25.2 Å². The van der Waals surface area contributed by atoms with Crippen molar-refractivity contribution in [3.8, 4) is 0 Å². The standard InChI is InChI=1S/C11H17N3O8S2/c1-4-20-11(15)7-5-8(13-14-12)10(22-24(3,18)19)9(6-7)21-23(2,16)17/h5,8-10H,4,6H2,1-3H3/t8-,9+,10-/m0/s1. The van der Waals surface area contributed by atoms with Gasteiger partial charge in [-0.3, -0.25) is 8.37 Å². The lowest BCUT2D eigenvalue weighted by atomic mass is 9.91. The van der Waals surface area contributed by atoms with Gasteiger partial charge in [-0.1, -0.05) is 11.2 Å². The Labute approximate surface area is 139 Å². The molecule has 0 amide bonds. The van der Waals surface area contributed by atoms with Crippen molar-refractivity contribution in [2.45, 2.75) is 31.6 Å². The molecule has 24 heavy (non-hydrogen) atoms. The van der Waals surface area contributed by atoms with E-state index in [1.54, 1.807) is 6.92 Å². The molecular weight excluding hydrogens is 366 g/mol. The van der Waals surface area contributed by atoms with Gasteiger partial charge in [0.2, 0.25) is 0 Å². The molecule has 0 aliphatic heterocycles. The Hall–Kier alpha value is -1.66. The molecule has 0 spiro atoms. The zero-order valence-corrected chi connectivity index (χ0v) is 14.8. The quantitative estimate of drug-likeness (QED) is 0.198. The van der Waals surface area contributed by atoms with Gasteiger partial charge in [0, 0.05) is 16.9 Å². The fraction of sp³-hybridized carbons (Fsp3) is 0.727. The first-order valence-corrected chi connectivity index (χ1v) is 10.3. The first-order chi connectivity index (χ1) is 11.0. The lowest BCUT2D eigenvalue weighted by Crippen LogP contribution is -2.45. The van der Waals surface area contributed by atoms with E-state index in [0.29, 0.717) is 0 Å². The van der Waals surface area contributed by atoms with Crippen LogP contribution in [-0.4, -0.2) is 60.2 Å². The molecule has 1 aliphatic rings. The number of esters is 1. The second-order valence-corrected chi connectivity index (χ2v) is 8.12. The summed E-state index contributed by atoms with van der Waals surface area (Å²) in [6.45, 7) is 1.65. The fourth-order valence-corrected chi connectivity index (χ4v) is 3.36. The normalized spacial score (nSPS) is 24.6. The van der Waals surface area contributed by atoms with E-state index >= 15 is 0 Å². The Bertz CT molecular complexity index is 767. The molecule has 0 saturated heterocycles. The number of azide groups is 1. The van der Waals surface area contributed by atoms with E-state index < -0.39 is 44.5 Å². The van der Waals surface area contributed by atoms with Crippen LogP contribution in [0.2, 0.25) is 0 Å². The number of rotatable bonds is 7. The van der Waals surface area contributed by atoms with Crippen LogP contribution < -0.4 is 0 Å². The van der Waals surface area contributed by atoms with Crippen molar-refractivity contribution in [2.24, 2.45) is 5.11 Å². The number of nitrogens with zero attached hydrogens (tertiary/aromatic N) is 3. The SMILES string of the molecule is CCOC(=O)C1=C[C@H](N=[N+]=[N-])[C@H](OS(C)(=O)=O)[C@H](OS(C)(=O)=O)C1.